The zero-order valence-corrected chi connectivity index (χ0v) is 17.3. The second kappa shape index (κ2) is 7.50. The van der Waals surface area contributed by atoms with Crippen LogP contribution in [0.25, 0.3) is 10.9 Å². The number of nitrogens with zero attached hydrogens (tertiary/aromatic N) is 3. The van der Waals surface area contributed by atoms with Crippen LogP contribution in [-0.4, -0.2) is 14.9 Å². The molecule has 1 aliphatic carbocycles. The minimum Gasteiger partial charge on any atom is -0.363 e. The van der Waals surface area contributed by atoms with Crippen molar-refractivity contribution in [3.8, 4) is 0 Å². The molecular weight excluding hydrogens is 465 g/mol. The molecule has 1 fully saturated rings. The SMILES string of the molecule is C[C@@H](Nc1nc(C2CC2)nc2ccc(Br)cc12)c1cc([N+](=O)[O-])cc(C(F)(F)F)c1. The zero-order chi connectivity index (χ0) is 21.6. The second-order valence-corrected chi connectivity index (χ2v) is 8.22. The summed E-state index contributed by atoms with van der Waals surface area (Å²) < 4.78 is 40.5. The van der Waals surface area contributed by atoms with E-state index in [0.29, 0.717) is 23.1 Å². The number of nitro groups is 1. The number of nitro benzene ring substituents is 1. The number of fused-ring (bicyclic) bond motifs is 1. The largest absolute Gasteiger partial charge is 0.416 e. The third kappa shape index (κ3) is 4.23. The molecule has 6 nitrogen and oxygen atoms in total. The molecule has 1 atom stereocenters. The molecule has 1 aromatic heterocycles. The molecular formula is C20H16BrF3N4O2. The van der Waals surface area contributed by atoms with E-state index in [0.717, 1.165) is 35.0 Å². The van der Waals surface area contributed by atoms with Crippen molar-refractivity contribution in [2.75, 3.05) is 5.32 Å². The molecule has 0 aliphatic heterocycles. The summed E-state index contributed by atoms with van der Waals surface area (Å²) in [6, 6.07) is 7.48. The number of rotatable bonds is 5. The lowest BCUT2D eigenvalue weighted by atomic mass is 10.0. The summed E-state index contributed by atoms with van der Waals surface area (Å²) in [6.07, 6.45) is -2.69. The van der Waals surface area contributed by atoms with Crippen molar-refractivity contribution in [3.63, 3.8) is 0 Å². The fourth-order valence-corrected chi connectivity index (χ4v) is 3.56. The molecule has 0 spiro atoms. The highest BCUT2D eigenvalue weighted by Crippen LogP contribution is 2.40. The summed E-state index contributed by atoms with van der Waals surface area (Å²) in [4.78, 5) is 19.5. The molecule has 0 bridgehead atoms. The summed E-state index contributed by atoms with van der Waals surface area (Å²) in [5.41, 5.74) is -0.803. The highest BCUT2D eigenvalue weighted by atomic mass is 79.9. The van der Waals surface area contributed by atoms with E-state index < -0.39 is 28.4 Å². The van der Waals surface area contributed by atoms with Crippen LogP contribution in [0.15, 0.2) is 40.9 Å². The molecule has 156 valence electrons. The van der Waals surface area contributed by atoms with Gasteiger partial charge in [-0.05, 0) is 49.6 Å². The van der Waals surface area contributed by atoms with Crippen molar-refractivity contribution < 1.29 is 18.1 Å². The normalized spacial score (nSPS) is 15.2. The smallest absolute Gasteiger partial charge is 0.363 e. The maximum Gasteiger partial charge on any atom is 0.416 e. The first kappa shape index (κ1) is 20.5. The Morgan fingerprint density at radius 3 is 2.57 bits per heavy atom. The van der Waals surface area contributed by atoms with Crippen LogP contribution in [0.3, 0.4) is 0 Å². The molecule has 1 aliphatic rings. The highest BCUT2D eigenvalue weighted by Gasteiger charge is 2.33. The Kier molecular flexibility index (Phi) is 5.13. The maximum atomic E-state index is 13.2. The van der Waals surface area contributed by atoms with E-state index in [4.69, 9.17) is 0 Å². The summed E-state index contributed by atoms with van der Waals surface area (Å²) >= 11 is 3.41. The van der Waals surface area contributed by atoms with E-state index in [1.165, 1.54) is 0 Å². The van der Waals surface area contributed by atoms with Crippen LogP contribution < -0.4 is 5.32 Å². The van der Waals surface area contributed by atoms with E-state index in [-0.39, 0.29) is 11.5 Å². The summed E-state index contributed by atoms with van der Waals surface area (Å²) in [6.45, 7) is 1.64. The molecule has 10 heteroatoms. The van der Waals surface area contributed by atoms with Crippen LogP contribution in [0.1, 0.15) is 48.7 Å². The molecule has 0 amide bonds. The Morgan fingerprint density at radius 2 is 1.93 bits per heavy atom. The van der Waals surface area contributed by atoms with E-state index >= 15 is 0 Å². The molecule has 1 saturated carbocycles. The van der Waals surface area contributed by atoms with Crippen molar-refractivity contribution >= 4 is 38.3 Å². The van der Waals surface area contributed by atoms with Gasteiger partial charge in [-0.15, -0.1) is 0 Å². The third-order valence-electron chi connectivity index (χ3n) is 4.95. The summed E-state index contributed by atoms with van der Waals surface area (Å²) in [5, 5.41) is 15.0. The average molecular weight is 481 g/mol. The Morgan fingerprint density at radius 1 is 1.20 bits per heavy atom. The summed E-state index contributed by atoms with van der Waals surface area (Å²) in [5.74, 6) is 1.45. The Hall–Kier alpha value is -2.75. The Balaban J connectivity index is 1.76. The van der Waals surface area contributed by atoms with Gasteiger partial charge in [0.15, 0.2) is 0 Å². The predicted octanol–water partition coefficient (Wildman–Crippen LogP) is 6.37. The summed E-state index contributed by atoms with van der Waals surface area (Å²) in [7, 11) is 0. The molecule has 3 aromatic rings. The van der Waals surface area contributed by atoms with Crippen LogP contribution >= 0.6 is 15.9 Å². The monoisotopic (exact) mass is 480 g/mol. The van der Waals surface area contributed by atoms with Crippen LogP contribution in [0.2, 0.25) is 0 Å². The first-order valence-electron chi connectivity index (χ1n) is 9.22. The van der Waals surface area contributed by atoms with E-state index in [1.807, 2.05) is 18.2 Å². The topological polar surface area (TPSA) is 81.0 Å². The maximum absolute atomic E-state index is 13.2. The number of alkyl halides is 3. The number of hydrogen-bond acceptors (Lipinski definition) is 5. The fourth-order valence-electron chi connectivity index (χ4n) is 3.19. The van der Waals surface area contributed by atoms with Gasteiger partial charge in [-0.3, -0.25) is 10.1 Å². The van der Waals surface area contributed by atoms with Gasteiger partial charge in [-0.1, -0.05) is 15.9 Å². The number of anilines is 1. The van der Waals surface area contributed by atoms with Gasteiger partial charge in [-0.25, -0.2) is 9.97 Å². The van der Waals surface area contributed by atoms with Crippen molar-refractivity contribution in [2.45, 2.75) is 37.9 Å². The molecule has 4 rings (SSSR count). The first-order valence-corrected chi connectivity index (χ1v) is 10.0. The quantitative estimate of drug-likeness (QED) is 0.338. The molecule has 0 saturated heterocycles. The second-order valence-electron chi connectivity index (χ2n) is 7.30. The molecule has 1 N–H and O–H groups in total. The zero-order valence-electron chi connectivity index (χ0n) is 15.7. The highest BCUT2D eigenvalue weighted by molar-refractivity contribution is 9.10. The lowest BCUT2D eigenvalue weighted by Crippen LogP contribution is -2.13. The average Bonchev–Trinajstić information content (AvgIpc) is 3.52. The minimum absolute atomic E-state index is 0.145. The van der Waals surface area contributed by atoms with Gasteiger partial charge in [0.25, 0.3) is 5.69 Å². The molecule has 1 heterocycles. The third-order valence-corrected chi connectivity index (χ3v) is 5.44. The van der Waals surface area contributed by atoms with Crippen LogP contribution in [-0.2, 0) is 6.18 Å². The number of hydrogen-bond donors (Lipinski definition) is 1. The molecule has 30 heavy (non-hydrogen) atoms. The van der Waals surface area contributed by atoms with Gasteiger partial charge in [0.2, 0.25) is 0 Å². The van der Waals surface area contributed by atoms with E-state index in [1.54, 1.807) is 6.92 Å². The molecule has 0 unspecified atom stereocenters. The van der Waals surface area contributed by atoms with Crippen LogP contribution in [0.4, 0.5) is 24.7 Å². The standard InChI is InChI=1S/C20H16BrF3N4O2/c1-10(12-6-13(20(22,23)24)8-15(7-12)28(29)30)25-19-16-9-14(21)4-5-17(16)26-18(27-19)11-2-3-11/h4-11H,2-3H2,1H3,(H,25,26,27)/t10-/m1/s1. The van der Waals surface area contributed by atoms with Crippen molar-refractivity contribution in [1.29, 1.82) is 0 Å². The van der Waals surface area contributed by atoms with Crippen LogP contribution in [0, 0.1) is 10.1 Å². The molecule has 2 aromatic carbocycles. The lowest BCUT2D eigenvalue weighted by molar-refractivity contribution is -0.385. The number of benzene rings is 2. The number of halogens is 4. The van der Waals surface area contributed by atoms with Crippen molar-refractivity contribution in [3.05, 3.63) is 67.9 Å². The molecule has 0 radical (unpaired) electrons. The number of non-ortho nitro benzene ring substituents is 1. The van der Waals surface area contributed by atoms with Gasteiger partial charge in [0.1, 0.15) is 11.6 Å². The number of nitrogens with one attached hydrogen (secondary N) is 1. The Bertz CT molecular complexity index is 1150. The lowest BCUT2D eigenvalue weighted by Gasteiger charge is -2.18. The number of aromatic nitrogens is 2. The fraction of sp³-hybridized carbons (Fsp3) is 0.300. The first-order chi connectivity index (χ1) is 14.1. The van der Waals surface area contributed by atoms with Gasteiger partial charge in [-0.2, -0.15) is 13.2 Å². The van der Waals surface area contributed by atoms with Gasteiger partial charge < -0.3 is 5.32 Å². The van der Waals surface area contributed by atoms with E-state index in [9.17, 15) is 23.3 Å². The predicted molar refractivity (Wildman–Crippen MR) is 109 cm³/mol. The van der Waals surface area contributed by atoms with Crippen molar-refractivity contribution in [1.82, 2.24) is 9.97 Å². The van der Waals surface area contributed by atoms with Crippen molar-refractivity contribution in [2.24, 2.45) is 0 Å². The van der Waals surface area contributed by atoms with Gasteiger partial charge in [0, 0.05) is 27.9 Å². The van der Waals surface area contributed by atoms with E-state index in [2.05, 4.69) is 31.2 Å². The van der Waals surface area contributed by atoms with Crippen LogP contribution in [0.5, 0.6) is 0 Å². The van der Waals surface area contributed by atoms with Gasteiger partial charge in [0.05, 0.1) is 22.0 Å². The Labute approximate surface area is 177 Å². The van der Waals surface area contributed by atoms with Gasteiger partial charge >= 0.3 is 6.18 Å². The minimum atomic E-state index is -4.69.